The van der Waals surface area contributed by atoms with Crippen LogP contribution in [-0.2, 0) is 6.54 Å². The van der Waals surface area contributed by atoms with Gasteiger partial charge in [0.15, 0.2) is 0 Å². The lowest BCUT2D eigenvalue weighted by molar-refractivity contribution is 0.215. The van der Waals surface area contributed by atoms with Crippen molar-refractivity contribution in [3.63, 3.8) is 0 Å². The second kappa shape index (κ2) is 6.71. The van der Waals surface area contributed by atoms with E-state index in [1.54, 1.807) is 27.0 Å². The molecule has 0 aliphatic rings. The molecule has 1 N–H and O–H groups in total. The Kier molecular flexibility index (Phi) is 4.46. The molecule has 0 saturated heterocycles. The van der Waals surface area contributed by atoms with Crippen molar-refractivity contribution in [3.05, 3.63) is 41.4 Å². The Hall–Kier alpha value is -3.23. The van der Waals surface area contributed by atoms with Crippen LogP contribution in [0.25, 0.3) is 11.5 Å². The summed E-state index contributed by atoms with van der Waals surface area (Å²) >= 11 is 0. The first-order valence-corrected chi connectivity index (χ1v) is 7.64. The Morgan fingerprint density at radius 1 is 1.08 bits per heavy atom. The molecule has 2 heterocycles. The lowest BCUT2D eigenvalue weighted by Gasteiger charge is -2.17. The number of aryl methyl sites for hydroxylation is 3. The van der Waals surface area contributed by atoms with Crippen molar-refractivity contribution in [1.82, 2.24) is 25.3 Å². The summed E-state index contributed by atoms with van der Waals surface area (Å²) in [5.74, 6) is 1.72. The number of carbonyl (C=O) groups is 1. The van der Waals surface area contributed by atoms with Crippen LogP contribution in [0.1, 0.15) is 23.2 Å². The highest BCUT2D eigenvalue weighted by atomic mass is 16.4. The first-order chi connectivity index (χ1) is 11.9. The van der Waals surface area contributed by atoms with Crippen LogP contribution in [-0.4, -0.2) is 38.4 Å². The molecule has 0 atom stereocenters. The molecule has 25 heavy (non-hydrogen) atoms. The van der Waals surface area contributed by atoms with E-state index in [0.717, 1.165) is 11.1 Å². The van der Waals surface area contributed by atoms with Crippen molar-refractivity contribution in [2.24, 2.45) is 0 Å². The molecule has 0 saturated carbocycles. The Morgan fingerprint density at radius 3 is 2.44 bits per heavy atom. The van der Waals surface area contributed by atoms with E-state index in [0.29, 0.717) is 29.3 Å². The maximum atomic E-state index is 12.4. The second-order valence-electron chi connectivity index (χ2n) is 5.66. The Morgan fingerprint density at radius 2 is 1.80 bits per heavy atom. The number of hydrogen-bond donors (Lipinski definition) is 1. The number of hydrogen-bond acceptors (Lipinski definition) is 7. The predicted octanol–water partition coefficient (Wildman–Crippen LogP) is 2.71. The predicted molar refractivity (Wildman–Crippen MR) is 88.7 cm³/mol. The minimum Gasteiger partial charge on any atom is -0.424 e. The molecule has 9 nitrogen and oxygen atoms in total. The maximum absolute atomic E-state index is 12.4. The van der Waals surface area contributed by atoms with E-state index in [-0.39, 0.29) is 12.6 Å². The molecule has 0 aliphatic heterocycles. The average molecular weight is 342 g/mol. The van der Waals surface area contributed by atoms with E-state index in [9.17, 15) is 4.79 Å². The SMILES string of the molecule is Cc1nnc(CN(C)C(=O)Nc2cc(-c3nnc(C)o3)ccc2C)o1. The van der Waals surface area contributed by atoms with Gasteiger partial charge in [0.05, 0.1) is 0 Å². The van der Waals surface area contributed by atoms with Crippen LogP contribution in [0.4, 0.5) is 10.5 Å². The zero-order valence-electron chi connectivity index (χ0n) is 14.4. The van der Waals surface area contributed by atoms with E-state index in [4.69, 9.17) is 8.83 Å². The van der Waals surface area contributed by atoms with Gasteiger partial charge in [-0.15, -0.1) is 20.4 Å². The maximum Gasteiger partial charge on any atom is 0.322 e. The van der Waals surface area contributed by atoms with Gasteiger partial charge in [0, 0.05) is 32.1 Å². The molecular formula is C16H18N6O3. The van der Waals surface area contributed by atoms with Crippen LogP contribution in [0.3, 0.4) is 0 Å². The second-order valence-corrected chi connectivity index (χ2v) is 5.66. The smallest absolute Gasteiger partial charge is 0.322 e. The van der Waals surface area contributed by atoms with Gasteiger partial charge in [-0.25, -0.2) is 4.79 Å². The summed E-state index contributed by atoms with van der Waals surface area (Å²) in [6.07, 6.45) is 0. The fraction of sp³-hybridized carbons (Fsp3) is 0.312. The third-order valence-corrected chi connectivity index (χ3v) is 3.54. The standard InChI is InChI=1S/C16H18N6O3/c1-9-5-6-12(15-21-19-11(3)25-15)7-13(9)17-16(23)22(4)8-14-20-18-10(2)24-14/h5-7H,8H2,1-4H3,(H,17,23). The van der Waals surface area contributed by atoms with Gasteiger partial charge in [0.1, 0.15) is 6.54 Å². The monoisotopic (exact) mass is 342 g/mol. The van der Waals surface area contributed by atoms with Crippen molar-refractivity contribution in [1.29, 1.82) is 0 Å². The van der Waals surface area contributed by atoms with E-state index >= 15 is 0 Å². The molecule has 0 unspecified atom stereocenters. The number of benzene rings is 1. The third kappa shape index (κ3) is 3.82. The fourth-order valence-electron chi connectivity index (χ4n) is 2.19. The molecule has 3 aromatic rings. The van der Waals surface area contributed by atoms with Gasteiger partial charge in [-0.05, 0) is 24.6 Å². The first-order valence-electron chi connectivity index (χ1n) is 7.64. The number of carbonyl (C=O) groups excluding carboxylic acids is 1. The van der Waals surface area contributed by atoms with Crippen LogP contribution < -0.4 is 5.32 Å². The molecule has 9 heteroatoms. The molecular weight excluding hydrogens is 324 g/mol. The van der Waals surface area contributed by atoms with Crippen LogP contribution in [0.15, 0.2) is 27.0 Å². The summed E-state index contributed by atoms with van der Waals surface area (Å²) in [6, 6.07) is 5.25. The Labute approximate surface area is 144 Å². The molecule has 0 radical (unpaired) electrons. The highest BCUT2D eigenvalue weighted by Gasteiger charge is 2.15. The van der Waals surface area contributed by atoms with Crippen molar-refractivity contribution < 1.29 is 13.6 Å². The minimum atomic E-state index is -0.294. The van der Waals surface area contributed by atoms with Crippen LogP contribution in [0.2, 0.25) is 0 Å². The van der Waals surface area contributed by atoms with Crippen LogP contribution in [0, 0.1) is 20.8 Å². The molecule has 0 spiro atoms. The molecule has 2 aromatic heterocycles. The molecule has 130 valence electrons. The van der Waals surface area contributed by atoms with E-state index in [2.05, 4.69) is 25.7 Å². The van der Waals surface area contributed by atoms with Crippen molar-refractivity contribution in [2.45, 2.75) is 27.3 Å². The van der Waals surface area contributed by atoms with E-state index in [1.165, 1.54) is 4.90 Å². The summed E-state index contributed by atoms with van der Waals surface area (Å²) < 4.78 is 10.7. The van der Waals surface area contributed by atoms with Crippen molar-refractivity contribution in [3.8, 4) is 11.5 Å². The van der Waals surface area contributed by atoms with Crippen molar-refractivity contribution >= 4 is 11.7 Å². The number of rotatable bonds is 4. The van der Waals surface area contributed by atoms with Crippen molar-refractivity contribution in [2.75, 3.05) is 12.4 Å². The number of nitrogens with one attached hydrogen (secondary N) is 1. The van der Waals surface area contributed by atoms with Crippen LogP contribution in [0.5, 0.6) is 0 Å². The molecule has 1 aromatic carbocycles. The third-order valence-electron chi connectivity index (χ3n) is 3.54. The first kappa shape index (κ1) is 16.6. The van der Waals surface area contributed by atoms with Gasteiger partial charge in [-0.2, -0.15) is 0 Å². The average Bonchev–Trinajstić information content (AvgIpc) is 3.18. The summed E-state index contributed by atoms with van der Waals surface area (Å²) in [7, 11) is 1.65. The molecule has 3 rings (SSSR count). The zero-order chi connectivity index (χ0) is 18.0. The lowest BCUT2D eigenvalue weighted by Crippen LogP contribution is -2.31. The number of anilines is 1. The quantitative estimate of drug-likeness (QED) is 0.776. The molecule has 0 bridgehead atoms. The van der Waals surface area contributed by atoms with E-state index < -0.39 is 0 Å². The normalized spacial score (nSPS) is 10.7. The summed E-state index contributed by atoms with van der Waals surface area (Å²) in [5.41, 5.74) is 2.30. The lowest BCUT2D eigenvalue weighted by atomic mass is 10.1. The summed E-state index contributed by atoms with van der Waals surface area (Å²) in [4.78, 5) is 13.9. The number of urea groups is 1. The zero-order valence-corrected chi connectivity index (χ0v) is 14.4. The van der Waals surface area contributed by atoms with Gasteiger partial charge >= 0.3 is 6.03 Å². The van der Waals surface area contributed by atoms with Gasteiger partial charge in [-0.3, -0.25) is 0 Å². The van der Waals surface area contributed by atoms with Gasteiger partial charge < -0.3 is 19.1 Å². The number of aromatic nitrogens is 4. The molecule has 0 aliphatic carbocycles. The molecule has 2 amide bonds. The topological polar surface area (TPSA) is 110 Å². The number of nitrogens with zero attached hydrogens (tertiary/aromatic N) is 5. The highest BCUT2D eigenvalue weighted by Crippen LogP contribution is 2.24. The van der Waals surface area contributed by atoms with Gasteiger partial charge in [0.25, 0.3) is 0 Å². The molecule has 0 fully saturated rings. The van der Waals surface area contributed by atoms with E-state index in [1.807, 2.05) is 19.1 Å². The fourth-order valence-corrected chi connectivity index (χ4v) is 2.19. The van der Waals surface area contributed by atoms with Gasteiger partial charge in [-0.1, -0.05) is 6.07 Å². The minimum absolute atomic E-state index is 0.217. The Bertz CT molecular complexity index is 901. The summed E-state index contributed by atoms with van der Waals surface area (Å²) in [5, 5.41) is 18.3. The highest BCUT2D eigenvalue weighted by molar-refractivity contribution is 5.90. The largest absolute Gasteiger partial charge is 0.424 e. The van der Waals surface area contributed by atoms with Gasteiger partial charge in [0.2, 0.25) is 23.6 Å². The Balaban J connectivity index is 1.74. The summed E-state index contributed by atoms with van der Waals surface area (Å²) in [6.45, 7) is 5.54. The van der Waals surface area contributed by atoms with Crippen LogP contribution >= 0.6 is 0 Å². The number of amides is 2.